The SMILES string of the molecule is CCC(=O)c1ccc(S(=O)(=O)NC(=O)c2ccccc2)cc1. The lowest BCUT2D eigenvalue weighted by Gasteiger charge is -2.07. The molecule has 0 heterocycles. The minimum Gasteiger partial charge on any atom is -0.294 e. The third kappa shape index (κ3) is 3.59. The number of carbonyl (C=O) groups excluding carboxylic acids is 2. The Kier molecular flexibility index (Phi) is 4.72. The molecule has 0 aliphatic rings. The second-order valence-corrected chi connectivity index (χ2v) is 6.28. The van der Waals surface area contributed by atoms with Crippen LogP contribution in [0.15, 0.2) is 59.5 Å². The number of rotatable bonds is 5. The average molecular weight is 317 g/mol. The van der Waals surface area contributed by atoms with Crippen LogP contribution in [0.1, 0.15) is 34.1 Å². The van der Waals surface area contributed by atoms with Gasteiger partial charge in [0.2, 0.25) is 0 Å². The highest BCUT2D eigenvalue weighted by atomic mass is 32.2. The van der Waals surface area contributed by atoms with Crippen molar-refractivity contribution in [2.45, 2.75) is 18.2 Å². The van der Waals surface area contributed by atoms with Gasteiger partial charge in [-0.1, -0.05) is 37.3 Å². The van der Waals surface area contributed by atoms with Crippen molar-refractivity contribution < 1.29 is 18.0 Å². The molecule has 22 heavy (non-hydrogen) atoms. The molecule has 0 saturated carbocycles. The molecule has 0 fully saturated rings. The van der Waals surface area contributed by atoms with Crippen LogP contribution in [0.25, 0.3) is 0 Å². The summed E-state index contributed by atoms with van der Waals surface area (Å²) < 4.78 is 26.3. The van der Waals surface area contributed by atoms with Gasteiger partial charge in [-0.05, 0) is 24.3 Å². The molecule has 6 heteroatoms. The van der Waals surface area contributed by atoms with Crippen LogP contribution in [-0.4, -0.2) is 20.1 Å². The van der Waals surface area contributed by atoms with E-state index in [1.54, 1.807) is 25.1 Å². The monoisotopic (exact) mass is 317 g/mol. The number of sulfonamides is 1. The number of amides is 1. The molecule has 2 rings (SSSR count). The first-order valence-electron chi connectivity index (χ1n) is 6.69. The van der Waals surface area contributed by atoms with Gasteiger partial charge in [-0.2, -0.15) is 0 Å². The first kappa shape index (κ1) is 15.9. The molecule has 0 spiro atoms. The zero-order chi connectivity index (χ0) is 16.2. The second-order valence-electron chi connectivity index (χ2n) is 4.60. The van der Waals surface area contributed by atoms with Crippen molar-refractivity contribution in [3.8, 4) is 0 Å². The van der Waals surface area contributed by atoms with E-state index in [9.17, 15) is 18.0 Å². The van der Waals surface area contributed by atoms with E-state index in [2.05, 4.69) is 0 Å². The number of benzene rings is 2. The van der Waals surface area contributed by atoms with Crippen molar-refractivity contribution in [2.75, 3.05) is 0 Å². The molecular weight excluding hydrogens is 302 g/mol. The van der Waals surface area contributed by atoms with Crippen molar-refractivity contribution >= 4 is 21.7 Å². The number of hydrogen-bond donors (Lipinski definition) is 1. The summed E-state index contributed by atoms with van der Waals surface area (Å²) in [6.45, 7) is 1.73. The van der Waals surface area contributed by atoms with E-state index in [-0.39, 0.29) is 16.2 Å². The Morgan fingerprint density at radius 3 is 2.05 bits per heavy atom. The Bertz CT molecular complexity index is 781. The van der Waals surface area contributed by atoms with Gasteiger partial charge >= 0.3 is 0 Å². The van der Waals surface area contributed by atoms with Crippen molar-refractivity contribution in [3.63, 3.8) is 0 Å². The molecule has 0 unspecified atom stereocenters. The summed E-state index contributed by atoms with van der Waals surface area (Å²) in [5.41, 5.74) is 0.694. The fourth-order valence-corrected chi connectivity index (χ4v) is 2.83. The van der Waals surface area contributed by atoms with Crippen LogP contribution in [0.3, 0.4) is 0 Å². The second kappa shape index (κ2) is 6.53. The van der Waals surface area contributed by atoms with Crippen LogP contribution in [0, 0.1) is 0 Å². The normalized spacial score (nSPS) is 11.0. The predicted molar refractivity (Wildman–Crippen MR) is 82.2 cm³/mol. The van der Waals surface area contributed by atoms with Gasteiger partial charge < -0.3 is 0 Å². The number of carbonyl (C=O) groups is 2. The molecule has 0 radical (unpaired) electrons. The Hall–Kier alpha value is -2.47. The minimum absolute atomic E-state index is 0.0653. The summed E-state index contributed by atoms with van der Waals surface area (Å²) in [6.07, 6.45) is 0.344. The van der Waals surface area contributed by atoms with E-state index in [0.717, 1.165) is 0 Å². The van der Waals surface area contributed by atoms with Crippen LogP contribution in [0.2, 0.25) is 0 Å². The van der Waals surface area contributed by atoms with Crippen LogP contribution >= 0.6 is 0 Å². The number of ketones is 1. The summed E-state index contributed by atoms with van der Waals surface area (Å²) in [6, 6.07) is 13.6. The number of hydrogen-bond acceptors (Lipinski definition) is 4. The lowest BCUT2D eigenvalue weighted by molar-refractivity contribution is 0.0975. The highest BCUT2D eigenvalue weighted by Crippen LogP contribution is 2.12. The molecule has 0 aliphatic carbocycles. The molecule has 0 atom stereocenters. The summed E-state index contributed by atoms with van der Waals surface area (Å²) in [5.74, 6) is -0.772. The Morgan fingerprint density at radius 2 is 1.50 bits per heavy atom. The maximum atomic E-state index is 12.1. The molecule has 0 aliphatic heterocycles. The minimum atomic E-state index is -3.97. The fraction of sp³-hybridized carbons (Fsp3) is 0.125. The fourth-order valence-electron chi connectivity index (χ4n) is 1.85. The Labute approximate surface area is 129 Å². The third-order valence-electron chi connectivity index (χ3n) is 3.07. The molecule has 0 bridgehead atoms. The van der Waals surface area contributed by atoms with Gasteiger partial charge in [0, 0.05) is 17.5 Å². The van der Waals surface area contributed by atoms with Crippen molar-refractivity contribution in [3.05, 3.63) is 65.7 Å². The Morgan fingerprint density at radius 1 is 0.909 bits per heavy atom. The molecule has 2 aromatic carbocycles. The maximum absolute atomic E-state index is 12.1. The molecular formula is C16H15NO4S. The maximum Gasteiger partial charge on any atom is 0.264 e. The van der Waals surface area contributed by atoms with E-state index in [0.29, 0.717) is 12.0 Å². The van der Waals surface area contributed by atoms with Gasteiger partial charge in [-0.3, -0.25) is 9.59 Å². The molecule has 1 amide bonds. The van der Waals surface area contributed by atoms with Gasteiger partial charge in [0.05, 0.1) is 4.90 Å². The van der Waals surface area contributed by atoms with Gasteiger partial charge in [0.1, 0.15) is 0 Å². The molecule has 5 nitrogen and oxygen atoms in total. The van der Waals surface area contributed by atoms with Gasteiger partial charge in [-0.25, -0.2) is 13.1 Å². The first-order valence-corrected chi connectivity index (χ1v) is 8.18. The van der Waals surface area contributed by atoms with Crippen molar-refractivity contribution in [1.29, 1.82) is 0 Å². The molecule has 1 N–H and O–H groups in total. The lowest BCUT2D eigenvalue weighted by atomic mass is 10.1. The van der Waals surface area contributed by atoms with E-state index < -0.39 is 15.9 Å². The van der Waals surface area contributed by atoms with E-state index in [4.69, 9.17) is 0 Å². The summed E-state index contributed by atoms with van der Waals surface area (Å²) in [7, 11) is -3.97. The summed E-state index contributed by atoms with van der Waals surface area (Å²) in [4.78, 5) is 23.4. The average Bonchev–Trinajstić information content (AvgIpc) is 2.54. The van der Waals surface area contributed by atoms with E-state index in [1.165, 1.54) is 36.4 Å². The molecule has 114 valence electrons. The third-order valence-corrected chi connectivity index (χ3v) is 4.42. The largest absolute Gasteiger partial charge is 0.294 e. The molecule has 0 saturated heterocycles. The first-order chi connectivity index (χ1) is 10.4. The predicted octanol–water partition coefficient (Wildman–Crippen LogP) is 2.40. The van der Waals surface area contributed by atoms with Crippen LogP contribution in [0.4, 0.5) is 0 Å². The van der Waals surface area contributed by atoms with Crippen molar-refractivity contribution in [1.82, 2.24) is 4.72 Å². The van der Waals surface area contributed by atoms with Gasteiger partial charge in [0.25, 0.3) is 15.9 Å². The number of Topliss-reactive ketones (excluding diaryl/α,β-unsaturated/α-hetero) is 1. The van der Waals surface area contributed by atoms with Gasteiger partial charge in [-0.15, -0.1) is 0 Å². The zero-order valence-corrected chi connectivity index (χ0v) is 12.8. The van der Waals surface area contributed by atoms with Crippen LogP contribution < -0.4 is 4.72 Å². The highest BCUT2D eigenvalue weighted by Gasteiger charge is 2.18. The molecule has 0 aromatic heterocycles. The standard InChI is InChI=1S/C16H15NO4S/c1-2-15(18)12-8-10-14(11-9-12)22(20,21)17-16(19)13-6-4-3-5-7-13/h3-11H,2H2,1H3,(H,17,19). The highest BCUT2D eigenvalue weighted by molar-refractivity contribution is 7.90. The summed E-state index contributed by atoms with van der Waals surface area (Å²) in [5, 5.41) is 0. The quantitative estimate of drug-likeness (QED) is 0.859. The molecule has 2 aromatic rings. The van der Waals surface area contributed by atoms with E-state index in [1.807, 2.05) is 4.72 Å². The van der Waals surface area contributed by atoms with Gasteiger partial charge in [0.15, 0.2) is 5.78 Å². The van der Waals surface area contributed by atoms with Crippen LogP contribution in [-0.2, 0) is 10.0 Å². The number of nitrogens with one attached hydrogen (secondary N) is 1. The van der Waals surface area contributed by atoms with Crippen molar-refractivity contribution in [2.24, 2.45) is 0 Å². The smallest absolute Gasteiger partial charge is 0.264 e. The topological polar surface area (TPSA) is 80.3 Å². The zero-order valence-electron chi connectivity index (χ0n) is 11.9. The van der Waals surface area contributed by atoms with E-state index >= 15 is 0 Å². The summed E-state index contributed by atoms with van der Waals surface area (Å²) >= 11 is 0. The lowest BCUT2D eigenvalue weighted by Crippen LogP contribution is -2.30. The Balaban J connectivity index is 2.20. The van der Waals surface area contributed by atoms with Crippen LogP contribution in [0.5, 0.6) is 0 Å².